The lowest BCUT2D eigenvalue weighted by atomic mass is 9.88. The average Bonchev–Trinajstić information content (AvgIpc) is 0.904. The van der Waals surface area contributed by atoms with Crippen molar-refractivity contribution in [3.05, 3.63) is 324 Å². The van der Waals surface area contributed by atoms with Crippen LogP contribution in [0.3, 0.4) is 0 Å². The molecule has 13 aromatic rings. The summed E-state index contributed by atoms with van der Waals surface area (Å²) < 4.78 is 39.5. The number of hydrogen-bond acceptors (Lipinski definition) is 15. The number of aryl methyl sites for hydroxylation is 2. The van der Waals surface area contributed by atoms with Gasteiger partial charge in [-0.1, -0.05) is 120 Å². The van der Waals surface area contributed by atoms with Crippen molar-refractivity contribution >= 4 is 110 Å². The molecule has 144 heavy (non-hydrogen) atoms. The lowest BCUT2D eigenvalue weighted by Gasteiger charge is -2.40. The maximum atomic E-state index is 13.7. The maximum Gasteiger partial charge on any atom is 0.412 e. The van der Waals surface area contributed by atoms with E-state index in [4.69, 9.17) is 15.9 Å². The third kappa shape index (κ3) is 26.0. The molecule has 5 heterocycles. The number of para-hydroxylation sites is 2. The number of terminal acetylenes is 1. The van der Waals surface area contributed by atoms with Gasteiger partial charge in [-0.15, -0.1) is 12.3 Å². The number of alkyl halides is 2. The van der Waals surface area contributed by atoms with Crippen molar-refractivity contribution in [1.82, 2.24) is 15.1 Å². The minimum atomic E-state index is -3.31. The second kappa shape index (κ2) is 45.6. The van der Waals surface area contributed by atoms with Gasteiger partial charge in [0.15, 0.2) is 0 Å². The summed E-state index contributed by atoms with van der Waals surface area (Å²) in [6.45, 7) is 28.5. The highest BCUT2D eigenvalue weighted by atomic mass is 19.3. The topological polar surface area (TPSA) is 273 Å². The molecule has 26 heteroatoms. The Bertz CT molecular complexity index is 6890. The summed E-state index contributed by atoms with van der Waals surface area (Å²) in [5.41, 5.74) is 24.7. The fourth-order valence-corrected chi connectivity index (χ4v) is 19.2. The predicted molar refractivity (Wildman–Crippen MR) is 575 cm³/mol. The van der Waals surface area contributed by atoms with Crippen LogP contribution in [0.2, 0.25) is 0 Å². The van der Waals surface area contributed by atoms with E-state index in [9.17, 15) is 47.1 Å². The summed E-state index contributed by atoms with van der Waals surface area (Å²) in [6, 6.07) is 88.6. The molecule has 0 fully saturated rings. The molecule has 24 nitrogen and oxygen atoms in total. The van der Waals surface area contributed by atoms with Gasteiger partial charge in [-0.05, 0) is 319 Å². The van der Waals surface area contributed by atoms with E-state index in [-0.39, 0.29) is 95.4 Å². The van der Waals surface area contributed by atoms with Crippen LogP contribution in [-0.4, -0.2) is 107 Å². The number of aromatic nitrogens is 2. The number of halogens is 2. The SMILES string of the molecule is C#CCCNC(=O)c1ccc(N[C@@H]2C[C@H](C)N(C(C)=O)c3ccc(-c4cccc(NC(C)=O)c4)cc32)cc1.CC(=O)N(C)c1cccc(-c2ccc3c(c2)[C@H](Nc2ccc(C)cc2)C[C@H](C)N3C(C)=O)c1.CC(=O)N1c2ccc(-c3cccc(-n4cccn4)c3)cc2[C@H](Nc2ccccc2OC(C)(F)F)C[C@@H]1C.CC(=O)N1c2ccc(-c3cccc(NC(=O)OC(C)(C)C)c3)cc2[C@H](Nc2ccc(C)cc2)C[C@@H]1C. The zero-order chi connectivity index (χ0) is 103. The molecule has 0 unspecified atom stereocenters. The van der Waals surface area contributed by atoms with E-state index in [1.54, 1.807) is 92.7 Å². The van der Waals surface area contributed by atoms with Crippen LogP contribution < -0.4 is 66.5 Å². The summed E-state index contributed by atoms with van der Waals surface area (Å²) in [4.78, 5) is 107. The first-order valence-electron chi connectivity index (χ1n) is 48.6. The molecular weight excluding hydrogens is 1810 g/mol. The minimum Gasteiger partial charge on any atom is -0.444 e. The number of fused-ring (bicyclic) bond motifs is 4. The number of carbonyl (C=O) groups excluding carboxylic acids is 8. The fourth-order valence-electron chi connectivity index (χ4n) is 19.2. The van der Waals surface area contributed by atoms with E-state index in [0.717, 1.165) is 150 Å². The van der Waals surface area contributed by atoms with E-state index in [1.165, 1.54) is 24.1 Å². The molecule has 7 N–H and O–H groups in total. The van der Waals surface area contributed by atoms with Crippen LogP contribution in [0.25, 0.3) is 50.2 Å². The third-order valence-corrected chi connectivity index (χ3v) is 25.8. The third-order valence-electron chi connectivity index (χ3n) is 25.8. The zero-order valence-electron chi connectivity index (χ0n) is 84.5. The maximum absolute atomic E-state index is 13.7. The summed E-state index contributed by atoms with van der Waals surface area (Å²) in [5, 5.41) is 27.2. The Kier molecular flexibility index (Phi) is 32.8. The van der Waals surface area contributed by atoms with Crippen molar-refractivity contribution in [3.63, 3.8) is 0 Å². The van der Waals surface area contributed by atoms with Crippen LogP contribution >= 0.6 is 0 Å². The summed E-state index contributed by atoms with van der Waals surface area (Å²) in [6.07, 6.45) is 8.49. The van der Waals surface area contributed by atoms with Crippen molar-refractivity contribution in [2.75, 3.05) is 70.0 Å². The molecule has 742 valence electrons. The monoisotopic (exact) mass is 1940 g/mol. The Hall–Kier alpha value is -16.2. The van der Waals surface area contributed by atoms with Gasteiger partial charge in [0, 0.05) is 167 Å². The van der Waals surface area contributed by atoms with E-state index in [1.807, 2.05) is 201 Å². The lowest BCUT2D eigenvalue weighted by Crippen LogP contribution is -2.43. The molecule has 0 radical (unpaired) electrons. The fraction of sp³-hybridized carbons (Fsp3) is 0.280. The molecular formula is C118H126F2N14O10. The number of anilines is 11. The zero-order valence-corrected chi connectivity index (χ0v) is 84.5. The van der Waals surface area contributed by atoms with E-state index >= 15 is 0 Å². The minimum absolute atomic E-state index is 0.00203. The average molecular weight is 1940 g/mol. The first-order chi connectivity index (χ1) is 68.7. The summed E-state index contributed by atoms with van der Waals surface area (Å²) >= 11 is 0. The van der Waals surface area contributed by atoms with Crippen LogP contribution in [0.5, 0.6) is 5.75 Å². The van der Waals surface area contributed by atoms with Gasteiger partial charge in [-0.25, -0.2) is 9.48 Å². The molecule has 4 aliphatic heterocycles. The Balaban J connectivity index is 0.000000152. The van der Waals surface area contributed by atoms with E-state index in [0.29, 0.717) is 36.3 Å². The number of amides is 8. The van der Waals surface area contributed by atoms with Gasteiger partial charge >= 0.3 is 12.2 Å². The van der Waals surface area contributed by atoms with Crippen molar-refractivity contribution < 1.29 is 56.6 Å². The van der Waals surface area contributed by atoms with Crippen LogP contribution in [0, 0.1) is 26.2 Å². The molecule has 1 aromatic heterocycles. The van der Waals surface area contributed by atoms with E-state index < -0.39 is 17.8 Å². The number of hydrogen-bond donors (Lipinski definition) is 7. The van der Waals surface area contributed by atoms with Crippen LogP contribution in [0.1, 0.15) is 197 Å². The second-order valence-electron chi connectivity index (χ2n) is 38.3. The van der Waals surface area contributed by atoms with E-state index in [2.05, 4.69) is 167 Å². The van der Waals surface area contributed by atoms with Crippen LogP contribution in [-0.2, 0) is 33.5 Å². The molecule has 0 bridgehead atoms. The number of carbonyl (C=O) groups is 8. The number of benzene rings is 12. The van der Waals surface area contributed by atoms with Gasteiger partial charge < -0.3 is 65.9 Å². The Morgan fingerprint density at radius 3 is 1.20 bits per heavy atom. The Labute approximate surface area is 842 Å². The first kappa shape index (κ1) is 104. The van der Waals surface area contributed by atoms with Crippen molar-refractivity contribution in [2.45, 2.75) is 203 Å². The van der Waals surface area contributed by atoms with Gasteiger partial charge in [0.05, 0.1) is 35.5 Å². The van der Waals surface area contributed by atoms with Crippen molar-refractivity contribution in [1.29, 1.82) is 0 Å². The lowest BCUT2D eigenvalue weighted by molar-refractivity contribution is -0.158. The quantitative estimate of drug-likeness (QED) is 0.0260. The van der Waals surface area contributed by atoms with Crippen molar-refractivity contribution in [3.8, 4) is 68.3 Å². The molecule has 12 aromatic carbocycles. The second-order valence-corrected chi connectivity index (χ2v) is 38.3. The smallest absolute Gasteiger partial charge is 0.412 e. The summed E-state index contributed by atoms with van der Waals surface area (Å²) in [7, 11) is 1.78. The van der Waals surface area contributed by atoms with Crippen LogP contribution in [0.4, 0.5) is 76.1 Å². The van der Waals surface area contributed by atoms with Gasteiger partial charge in [0.25, 0.3) is 5.91 Å². The number of ether oxygens (including phenoxy) is 2. The predicted octanol–water partition coefficient (Wildman–Crippen LogP) is 25.4. The largest absolute Gasteiger partial charge is 0.444 e. The molecule has 8 atom stereocenters. The molecule has 0 spiro atoms. The van der Waals surface area contributed by atoms with Crippen LogP contribution in [0.15, 0.2) is 285 Å². The summed E-state index contributed by atoms with van der Waals surface area (Å²) in [5.74, 6) is 2.32. The van der Waals surface area contributed by atoms with Crippen molar-refractivity contribution in [2.24, 2.45) is 0 Å². The van der Waals surface area contributed by atoms with Gasteiger partial charge in [-0.2, -0.15) is 13.9 Å². The molecule has 4 aliphatic rings. The Morgan fingerprint density at radius 2 is 0.812 bits per heavy atom. The normalized spacial score (nSPS) is 17.0. The number of nitrogens with zero attached hydrogens (tertiary/aromatic N) is 7. The number of nitrogens with one attached hydrogen (secondary N) is 7. The van der Waals surface area contributed by atoms with Gasteiger partial charge in [-0.3, -0.25) is 38.9 Å². The first-order valence-corrected chi connectivity index (χ1v) is 48.6. The number of rotatable bonds is 21. The standard InChI is InChI=1S/C31H32N4O3.C30H35N3O3.C29H28F2N4O2.C28H31N3O2/c1-5-6-16-32-31(38)23-10-13-26(14-11-23)34-29-17-20(2)35(22(4)37)30-15-12-25(19-28(29)30)24-8-7-9-27(18-24)33-21(3)36;1-19-10-13-24(14-11-19)31-27-16-20(2)33(21(3)34)28-15-12-23(18-26(27)28)22-8-7-9-25(17-22)32-29(35)36-30(4,5)6;1-19-16-26(33-25-10-4-5-11-28(25)37-29(3,30)31)24-18-22(12-13-27(24)35(19)20(2)36)21-8-6-9-23(17-21)34-15-7-14-32-34;1-18-9-12-24(13-10-18)29-27-15-19(2)31(21(4)33)28-14-11-23(17-26(27)28)22-7-6-8-25(16-22)30(5)20(3)32/h1,7-15,18-20,29,34H,6,16-17H2,2-4H3,(H,32,38)(H,33,36);7-15,17-18,20,27,31H,16H2,1-6H3,(H,32,35);4-15,17-19,26,33H,16H2,1-3H3;6-14,16-17,19,27,29H,15H2,1-5H3/t20-,29+;20-,27+;19-,26+;19-,27+/m0000/s1. The highest BCUT2D eigenvalue weighted by Crippen LogP contribution is 2.48. The highest BCUT2D eigenvalue weighted by molar-refractivity contribution is 6.00. The molecule has 0 saturated heterocycles. The molecule has 17 rings (SSSR count). The van der Waals surface area contributed by atoms with Gasteiger partial charge in [0.1, 0.15) is 11.4 Å². The van der Waals surface area contributed by atoms with Gasteiger partial charge in [0.2, 0.25) is 35.4 Å². The highest BCUT2D eigenvalue weighted by Gasteiger charge is 2.39. The molecule has 0 saturated carbocycles. The Morgan fingerprint density at radius 1 is 0.431 bits per heavy atom. The molecule has 8 amide bonds. The molecule has 0 aliphatic carbocycles.